The van der Waals surface area contributed by atoms with E-state index in [0.29, 0.717) is 0 Å². The molecule has 0 aliphatic carbocycles. The minimum atomic E-state index is 0.900. The minimum Gasteiger partial charge on any atom is -0.456 e. The van der Waals surface area contributed by atoms with Crippen molar-refractivity contribution in [3.8, 4) is 44.5 Å². The maximum absolute atomic E-state index is 6.28. The molecule has 12 aromatic rings. The Kier molecular flexibility index (Phi) is 8.39. The minimum absolute atomic E-state index is 0.900. The van der Waals surface area contributed by atoms with Crippen molar-refractivity contribution in [1.29, 1.82) is 0 Å². The van der Waals surface area contributed by atoms with Crippen molar-refractivity contribution in [2.75, 3.05) is 4.90 Å². The Balaban J connectivity index is 0.971. The van der Waals surface area contributed by atoms with E-state index in [1.165, 1.54) is 64.3 Å². The first-order valence-electron chi connectivity index (χ1n) is 20.7. The highest BCUT2D eigenvalue weighted by Gasteiger charge is 2.20. The molecule has 10 aromatic carbocycles. The third-order valence-electron chi connectivity index (χ3n) is 12.1. The van der Waals surface area contributed by atoms with Crippen molar-refractivity contribution in [2.45, 2.75) is 0 Å². The Morgan fingerprint density at radius 2 is 0.885 bits per heavy atom. The van der Waals surface area contributed by atoms with Gasteiger partial charge in [-0.25, -0.2) is 0 Å². The first kappa shape index (κ1) is 35.2. The fraction of sp³-hybridized carbons (Fsp3) is 0. The van der Waals surface area contributed by atoms with Gasteiger partial charge in [0.25, 0.3) is 0 Å². The van der Waals surface area contributed by atoms with Gasteiger partial charge < -0.3 is 9.32 Å². The van der Waals surface area contributed by atoms with E-state index in [4.69, 9.17) is 4.42 Å². The molecule has 12 rings (SSSR count). The van der Waals surface area contributed by atoms with E-state index in [1.54, 1.807) is 0 Å². The van der Waals surface area contributed by atoms with E-state index in [-0.39, 0.29) is 0 Å². The fourth-order valence-electron chi connectivity index (χ4n) is 9.14. The third kappa shape index (κ3) is 6.09. The van der Waals surface area contributed by atoms with Crippen molar-refractivity contribution < 1.29 is 4.42 Å². The smallest absolute Gasteiger partial charge is 0.136 e. The zero-order chi connectivity index (χ0) is 40.3. The molecule has 0 saturated heterocycles. The summed E-state index contributed by atoms with van der Waals surface area (Å²) in [6, 6.07) is 81.2. The van der Waals surface area contributed by atoms with Crippen LogP contribution in [0.15, 0.2) is 229 Å². The molecule has 0 N–H and O–H groups in total. The lowest BCUT2D eigenvalue weighted by Crippen LogP contribution is -2.11. The molecule has 286 valence electrons. The lowest BCUT2D eigenvalue weighted by Gasteiger charge is -2.28. The summed E-state index contributed by atoms with van der Waals surface area (Å²) in [7, 11) is 0. The second-order valence-corrected chi connectivity index (χ2v) is 16.7. The van der Waals surface area contributed by atoms with E-state index in [9.17, 15) is 0 Å². The van der Waals surface area contributed by atoms with Crippen LogP contribution in [0.4, 0.5) is 17.1 Å². The monoisotopic (exact) mass is 795 g/mol. The van der Waals surface area contributed by atoms with Crippen LogP contribution in [0.5, 0.6) is 0 Å². The summed E-state index contributed by atoms with van der Waals surface area (Å²) in [5.74, 6) is 0. The van der Waals surface area contributed by atoms with Gasteiger partial charge in [-0.05, 0) is 105 Å². The van der Waals surface area contributed by atoms with Crippen LogP contribution in [0, 0.1) is 0 Å². The summed E-state index contributed by atoms with van der Waals surface area (Å²) in [4.78, 5) is 2.41. The molecule has 0 amide bonds. The SMILES string of the molecule is c1cc(-c2ccc(N(c3ccc(-c4ccc5c(c4)oc4ccccc45)cc3)c3ccccc3-c3cccc4c3sc3ccccc34)cc2)cc(-c2cccc3ccccc23)c1. The number of furan rings is 1. The average Bonchev–Trinajstić information content (AvgIpc) is 3.90. The van der Waals surface area contributed by atoms with Crippen LogP contribution in [-0.4, -0.2) is 0 Å². The number of nitrogens with zero attached hydrogens (tertiary/aromatic N) is 1. The Labute approximate surface area is 357 Å². The molecular weight excluding hydrogens is 759 g/mol. The van der Waals surface area contributed by atoms with Crippen LogP contribution in [0.25, 0.3) is 97.4 Å². The summed E-state index contributed by atoms with van der Waals surface area (Å²) in [6.07, 6.45) is 0. The second-order valence-electron chi connectivity index (χ2n) is 15.6. The molecule has 0 bridgehead atoms. The quantitative estimate of drug-likeness (QED) is 0.160. The van der Waals surface area contributed by atoms with E-state index in [0.717, 1.165) is 50.1 Å². The molecule has 0 radical (unpaired) electrons. The topological polar surface area (TPSA) is 16.4 Å². The Morgan fingerprint density at radius 1 is 0.328 bits per heavy atom. The summed E-state index contributed by atoms with van der Waals surface area (Å²) >= 11 is 1.87. The number of anilines is 3. The maximum atomic E-state index is 6.28. The van der Waals surface area contributed by atoms with Gasteiger partial charge in [-0.15, -0.1) is 11.3 Å². The van der Waals surface area contributed by atoms with Crippen molar-refractivity contribution >= 4 is 81.3 Å². The normalized spacial score (nSPS) is 11.6. The highest BCUT2D eigenvalue weighted by molar-refractivity contribution is 7.26. The predicted molar refractivity (Wildman–Crippen MR) is 261 cm³/mol. The van der Waals surface area contributed by atoms with Crippen LogP contribution in [-0.2, 0) is 0 Å². The standard InChI is InChI=1S/C58H37NOS/c1-2-16-46-40(12-1)13-10-20-47(46)43-15-9-14-41(36-43)38-26-31-44(32-27-38)59(45-33-28-39(29-34-45)42-30-35-50-49-18-4-7-24-55(49)60-56(50)37-42)54-23-6-3-17-48(54)52-21-11-22-53-51-19-5-8-25-57(51)61-58(52)53/h1-37H. The molecule has 0 aliphatic heterocycles. The number of fused-ring (bicyclic) bond motifs is 7. The second kappa shape index (κ2) is 14.5. The maximum Gasteiger partial charge on any atom is 0.136 e. The number of rotatable bonds is 7. The molecule has 3 heteroatoms. The predicted octanol–water partition coefficient (Wildman–Crippen LogP) is 17.2. The Hall–Kier alpha value is -7.72. The number of thiophene rings is 1. The molecule has 2 nitrogen and oxygen atoms in total. The Morgan fingerprint density at radius 3 is 1.72 bits per heavy atom. The van der Waals surface area contributed by atoms with Crippen LogP contribution >= 0.6 is 11.3 Å². The number of benzene rings is 10. The molecule has 0 saturated carbocycles. The third-order valence-corrected chi connectivity index (χ3v) is 13.3. The van der Waals surface area contributed by atoms with Gasteiger partial charge in [0, 0.05) is 53.4 Å². The van der Waals surface area contributed by atoms with E-state index in [1.807, 2.05) is 23.5 Å². The van der Waals surface area contributed by atoms with Crippen LogP contribution in [0.2, 0.25) is 0 Å². The van der Waals surface area contributed by atoms with Crippen molar-refractivity contribution in [3.63, 3.8) is 0 Å². The van der Waals surface area contributed by atoms with Gasteiger partial charge in [-0.3, -0.25) is 0 Å². The van der Waals surface area contributed by atoms with E-state index < -0.39 is 0 Å². The van der Waals surface area contributed by atoms with Crippen molar-refractivity contribution in [2.24, 2.45) is 0 Å². The van der Waals surface area contributed by atoms with Gasteiger partial charge in [0.05, 0.1) is 5.69 Å². The van der Waals surface area contributed by atoms with Crippen LogP contribution in [0.1, 0.15) is 0 Å². The zero-order valence-corrected chi connectivity index (χ0v) is 33.9. The number of hydrogen-bond acceptors (Lipinski definition) is 3. The molecule has 61 heavy (non-hydrogen) atoms. The van der Waals surface area contributed by atoms with Crippen molar-refractivity contribution in [3.05, 3.63) is 224 Å². The molecule has 2 aromatic heterocycles. The lowest BCUT2D eigenvalue weighted by atomic mass is 9.95. The van der Waals surface area contributed by atoms with Crippen molar-refractivity contribution in [1.82, 2.24) is 0 Å². The Bertz CT molecular complexity index is 3590. The number of hydrogen-bond donors (Lipinski definition) is 0. The highest BCUT2D eigenvalue weighted by atomic mass is 32.1. The van der Waals surface area contributed by atoms with Gasteiger partial charge in [0.15, 0.2) is 0 Å². The molecule has 0 fully saturated rings. The average molecular weight is 796 g/mol. The summed E-state index contributed by atoms with van der Waals surface area (Å²) in [6.45, 7) is 0. The zero-order valence-electron chi connectivity index (χ0n) is 33.1. The molecule has 2 heterocycles. The molecular formula is C58H37NOS. The molecule has 0 unspecified atom stereocenters. The van der Waals surface area contributed by atoms with E-state index in [2.05, 4.69) is 217 Å². The summed E-state index contributed by atoms with van der Waals surface area (Å²) in [5.41, 5.74) is 14.6. The van der Waals surface area contributed by atoms with Gasteiger partial charge in [-0.1, -0.05) is 164 Å². The van der Waals surface area contributed by atoms with Gasteiger partial charge in [0.1, 0.15) is 11.2 Å². The van der Waals surface area contributed by atoms with Gasteiger partial charge in [0.2, 0.25) is 0 Å². The van der Waals surface area contributed by atoms with Crippen LogP contribution < -0.4 is 4.90 Å². The first-order chi connectivity index (χ1) is 30.2. The van der Waals surface area contributed by atoms with Gasteiger partial charge in [-0.2, -0.15) is 0 Å². The largest absolute Gasteiger partial charge is 0.456 e. The highest BCUT2D eigenvalue weighted by Crippen LogP contribution is 2.46. The first-order valence-corrected chi connectivity index (χ1v) is 21.6. The van der Waals surface area contributed by atoms with E-state index >= 15 is 0 Å². The summed E-state index contributed by atoms with van der Waals surface area (Å²) in [5, 5.41) is 7.38. The molecule has 0 aliphatic rings. The fourth-order valence-corrected chi connectivity index (χ4v) is 10.4. The summed E-state index contributed by atoms with van der Waals surface area (Å²) < 4.78 is 8.88. The number of para-hydroxylation sites is 2. The molecule has 0 spiro atoms. The van der Waals surface area contributed by atoms with Gasteiger partial charge >= 0.3 is 0 Å². The lowest BCUT2D eigenvalue weighted by molar-refractivity contribution is 0.669. The van der Waals surface area contributed by atoms with Crippen LogP contribution in [0.3, 0.4) is 0 Å². The molecule has 0 atom stereocenters.